The van der Waals surface area contributed by atoms with Crippen molar-refractivity contribution in [1.82, 2.24) is 0 Å². The predicted molar refractivity (Wildman–Crippen MR) is 258 cm³/mol. The second-order valence-electron chi connectivity index (χ2n) is 18.1. The number of carbonyl (C=O) groups is 3. The molecule has 9 nitrogen and oxygen atoms in total. The molecule has 0 spiro atoms. The Bertz CT molecular complexity index is 1160. The van der Waals surface area contributed by atoms with E-state index in [9.17, 15) is 19.5 Å². The number of unbranched alkanes of at least 4 members (excludes halogenated alkanes) is 23. The van der Waals surface area contributed by atoms with Gasteiger partial charge in [-0.3, -0.25) is 9.59 Å². The molecule has 0 amide bonds. The molecule has 0 aliphatic rings. The number of esters is 2. The molecule has 0 heterocycles. The number of hydrogen-bond donors (Lipinski definition) is 1. The number of rotatable bonds is 46. The second kappa shape index (κ2) is 44.8. The first-order chi connectivity index (χ1) is 30.1. The van der Waals surface area contributed by atoms with E-state index in [4.69, 9.17) is 18.9 Å². The number of carbonyl (C=O) groups excluding carboxylic acids is 2. The number of ether oxygens (including phenoxy) is 4. The predicted octanol–water partition coefficient (Wildman–Crippen LogP) is 13.9. The molecule has 2 unspecified atom stereocenters. The summed E-state index contributed by atoms with van der Waals surface area (Å²) in [6.45, 7) is 4.69. The summed E-state index contributed by atoms with van der Waals surface area (Å²) >= 11 is 0. The third-order valence-corrected chi connectivity index (χ3v) is 10.9. The highest BCUT2D eigenvalue weighted by molar-refractivity contribution is 5.71. The Kier molecular flexibility index (Phi) is 42.9. The molecule has 0 aliphatic heterocycles. The molecule has 0 saturated carbocycles. The topological polar surface area (TPSA) is 108 Å². The molecule has 2 atom stereocenters. The highest BCUT2D eigenvalue weighted by Crippen LogP contribution is 2.16. The molecule has 62 heavy (non-hydrogen) atoms. The van der Waals surface area contributed by atoms with Gasteiger partial charge in [0.25, 0.3) is 6.29 Å². The Morgan fingerprint density at radius 2 is 0.919 bits per heavy atom. The van der Waals surface area contributed by atoms with E-state index >= 15 is 0 Å². The maximum absolute atomic E-state index is 12.7. The normalized spacial score (nSPS) is 13.2. The molecule has 0 rings (SSSR count). The fourth-order valence-electron chi connectivity index (χ4n) is 6.97. The molecule has 0 aromatic rings. The van der Waals surface area contributed by atoms with Gasteiger partial charge < -0.3 is 28.5 Å². The zero-order valence-electron chi connectivity index (χ0n) is 40.8. The lowest BCUT2D eigenvalue weighted by Gasteiger charge is -2.25. The fraction of sp³-hybridized carbons (Fsp3) is 0.792. The molecule has 0 bridgehead atoms. The summed E-state index contributed by atoms with van der Waals surface area (Å²) in [5, 5.41) is 9.64. The standard InChI is InChI=1S/C53H95NO8/c1-6-8-10-12-14-16-18-20-21-22-23-24-25-26-27-28-29-30-32-33-35-37-39-41-43-50(55)60-47-49(48-61-53(52(57)58)59-46-45-54(3,4)5)62-51(56)44-42-40-38-36-34-31-19-17-15-13-11-9-7-2/h9,11,15,17,31,34,38,40,49,53H,6-8,10,12-14,16,18-30,32-33,35-37,39,41-48H2,1-5H3/p+1/b11-9-,17-15-,34-31-,40-38-. The van der Waals surface area contributed by atoms with Gasteiger partial charge in [-0.05, 0) is 38.5 Å². The molecular weight excluding hydrogens is 779 g/mol. The Balaban J connectivity index is 4.27. The molecule has 0 radical (unpaired) electrons. The monoisotopic (exact) mass is 875 g/mol. The first-order valence-electron chi connectivity index (χ1n) is 25.3. The third-order valence-electron chi connectivity index (χ3n) is 10.9. The number of carboxylic acid groups (broad SMARTS) is 1. The van der Waals surface area contributed by atoms with E-state index in [1.165, 1.54) is 135 Å². The van der Waals surface area contributed by atoms with E-state index in [1.807, 2.05) is 33.3 Å². The van der Waals surface area contributed by atoms with Gasteiger partial charge in [0, 0.05) is 12.8 Å². The number of likely N-dealkylation sites (N-methyl/N-ethyl adjacent to an activating group) is 1. The lowest BCUT2D eigenvalue weighted by Crippen LogP contribution is -2.40. The van der Waals surface area contributed by atoms with Crippen molar-refractivity contribution < 1.29 is 42.9 Å². The summed E-state index contributed by atoms with van der Waals surface area (Å²) in [7, 11) is 5.94. The van der Waals surface area contributed by atoms with E-state index in [0.29, 0.717) is 23.9 Å². The van der Waals surface area contributed by atoms with Gasteiger partial charge in [0.1, 0.15) is 13.2 Å². The lowest BCUT2D eigenvalue weighted by atomic mass is 10.0. The molecule has 360 valence electrons. The van der Waals surface area contributed by atoms with Gasteiger partial charge in [-0.1, -0.05) is 210 Å². The van der Waals surface area contributed by atoms with Crippen molar-refractivity contribution in [1.29, 1.82) is 0 Å². The largest absolute Gasteiger partial charge is 0.477 e. The van der Waals surface area contributed by atoms with Crippen LogP contribution < -0.4 is 0 Å². The van der Waals surface area contributed by atoms with E-state index in [2.05, 4.69) is 50.3 Å². The minimum Gasteiger partial charge on any atom is -0.477 e. The van der Waals surface area contributed by atoms with Crippen LogP contribution in [0.2, 0.25) is 0 Å². The fourth-order valence-corrected chi connectivity index (χ4v) is 6.97. The van der Waals surface area contributed by atoms with Crippen molar-refractivity contribution in [3.8, 4) is 0 Å². The average Bonchev–Trinajstić information content (AvgIpc) is 3.23. The summed E-state index contributed by atoms with van der Waals surface area (Å²) in [5.74, 6) is -2.11. The maximum Gasteiger partial charge on any atom is 0.361 e. The third kappa shape index (κ3) is 45.3. The van der Waals surface area contributed by atoms with Crippen LogP contribution in [0.3, 0.4) is 0 Å². The number of aliphatic carboxylic acids is 1. The van der Waals surface area contributed by atoms with E-state index in [-0.39, 0.29) is 32.2 Å². The van der Waals surface area contributed by atoms with Gasteiger partial charge in [-0.25, -0.2) is 4.79 Å². The molecule has 0 saturated heterocycles. The van der Waals surface area contributed by atoms with Gasteiger partial charge in [-0.15, -0.1) is 0 Å². The van der Waals surface area contributed by atoms with Gasteiger partial charge in [0.2, 0.25) is 0 Å². The summed E-state index contributed by atoms with van der Waals surface area (Å²) in [5.41, 5.74) is 0. The highest BCUT2D eigenvalue weighted by Gasteiger charge is 2.25. The minimum atomic E-state index is -1.53. The summed E-state index contributed by atoms with van der Waals surface area (Å²) in [6, 6.07) is 0. The smallest absolute Gasteiger partial charge is 0.361 e. The molecule has 0 aliphatic carbocycles. The average molecular weight is 875 g/mol. The Morgan fingerprint density at radius 3 is 1.34 bits per heavy atom. The maximum atomic E-state index is 12.7. The number of nitrogens with zero attached hydrogens (tertiary/aromatic N) is 1. The van der Waals surface area contributed by atoms with Crippen molar-refractivity contribution in [2.45, 2.75) is 225 Å². The van der Waals surface area contributed by atoms with E-state index in [1.54, 1.807) is 0 Å². The highest BCUT2D eigenvalue weighted by atomic mass is 16.7. The molecule has 9 heteroatoms. The Labute approximate surface area is 381 Å². The van der Waals surface area contributed by atoms with Crippen molar-refractivity contribution in [3.05, 3.63) is 48.6 Å². The van der Waals surface area contributed by atoms with Gasteiger partial charge in [0.15, 0.2) is 6.10 Å². The Morgan fingerprint density at radius 1 is 0.500 bits per heavy atom. The van der Waals surface area contributed by atoms with Crippen molar-refractivity contribution in [3.63, 3.8) is 0 Å². The number of carboxylic acids is 1. The van der Waals surface area contributed by atoms with Crippen LogP contribution in [0.5, 0.6) is 0 Å². The van der Waals surface area contributed by atoms with Gasteiger partial charge in [-0.2, -0.15) is 0 Å². The molecule has 0 aromatic heterocycles. The van der Waals surface area contributed by atoms with Crippen LogP contribution in [0.15, 0.2) is 48.6 Å². The lowest BCUT2D eigenvalue weighted by molar-refractivity contribution is -0.870. The van der Waals surface area contributed by atoms with E-state index in [0.717, 1.165) is 44.9 Å². The van der Waals surface area contributed by atoms with E-state index < -0.39 is 24.3 Å². The number of allylic oxidation sites excluding steroid dienone is 8. The zero-order valence-corrected chi connectivity index (χ0v) is 40.8. The quantitative estimate of drug-likeness (QED) is 0.0212. The first-order valence-corrected chi connectivity index (χ1v) is 25.3. The SMILES string of the molecule is CC/C=C\C/C=C\C/C=C\C/C=C\CCC(=O)OC(COC(=O)CCCCCCCCCCCCCCCCCCCCCCCCCC)COC(OCC[N+](C)(C)C)C(=O)O. The van der Waals surface area contributed by atoms with Crippen LogP contribution in [0.25, 0.3) is 0 Å². The molecular formula is C53H96NO8+. The van der Waals surface area contributed by atoms with Crippen LogP contribution in [-0.4, -0.2) is 87.4 Å². The van der Waals surface area contributed by atoms with Gasteiger partial charge >= 0.3 is 17.9 Å². The van der Waals surface area contributed by atoms with Crippen LogP contribution >= 0.6 is 0 Å². The number of quaternary nitrogens is 1. The van der Waals surface area contributed by atoms with Gasteiger partial charge in [0.05, 0.1) is 34.4 Å². The van der Waals surface area contributed by atoms with Crippen molar-refractivity contribution >= 4 is 17.9 Å². The summed E-state index contributed by atoms with van der Waals surface area (Å²) < 4.78 is 22.7. The van der Waals surface area contributed by atoms with Crippen LogP contribution in [0, 0.1) is 0 Å². The van der Waals surface area contributed by atoms with Crippen molar-refractivity contribution in [2.75, 3.05) is 47.5 Å². The molecule has 0 aromatic carbocycles. The first kappa shape index (κ1) is 59.2. The van der Waals surface area contributed by atoms with Crippen LogP contribution in [-0.2, 0) is 33.3 Å². The molecule has 1 N–H and O–H groups in total. The summed E-state index contributed by atoms with van der Waals surface area (Å²) in [4.78, 5) is 37.1. The van der Waals surface area contributed by atoms with Crippen LogP contribution in [0.4, 0.5) is 0 Å². The molecule has 0 fully saturated rings. The second-order valence-corrected chi connectivity index (χ2v) is 18.1. The minimum absolute atomic E-state index is 0.139. The van der Waals surface area contributed by atoms with Crippen LogP contribution in [0.1, 0.15) is 213 Å². The summed E-state index contributed by atoms with van der Waals surface area (Å²) in [6.07, 6.45) is 50.7. The number of hydrogen-bond acceptors (Lipinski definition) is 7. The van der Waals surface area contributed by atoms with Crippen molar-refractivity contribution in [2.24, 2.45) is 0 Å². The zero-order chi connectivity index (χ0) is 45.6. The Hall–Kier alpha value is -2.75.